The van der Waals surface area contributed by atoms with E-state index in [1.807, 2.05) is 0 Å². The molecule has 2 rings (SSSR count). The Labute approximate surface area is 153 Å². The van der Waals surface area contributed by atoms with Crippen molar-refractivity contribution in [2.24, 2.45) is 0 Å². The van der Waals surface area contributed by atoms with Crippen LogP contribution in [0.15, 0.2) is 48.5 Å². The summed E-state index contributed by atoms with van der Waals surface area (Å²) in [5.74, 6) is -0.581. The van der Waals surface area contributed by atoms with E-state index in [1.165, 1.54) is 25.2 Å². The number of hydrogen-bond donors (Lipinski definition) is 3. The van der Waals surface area contributed by atoms with Crippen molar-refractivity contribution in [2.75, 3.05) is 7.05 Å². The first-order valence-corrected chi connectivity index (χ1v) is 7.95. The molecule has 0 aromatic heterocycles. The van der Waals surface area contributed by atoms with Gasteiger partial charge in [0.1, 0.15) is 5.75 Å². The summed E-state index contributed by atoms with van der Waals surface area (Å²) in [5.41, 5.74) is 1.45. The summed E-state index contributed by atoms with van der Waals surface area (Å²) in [4.78, 5) is 23.3. The summed E-state index contributed by atoms with van der Waals surface area (Å²) in [5, 5.41) is 7.56. The molecule has 2 aromatic rings. The number of nitrogens with one attached hydrogen (secondary N) is 3. The molecule has 144 valence electrons. The number of ether oxygens (including phenoxy) is 1. The minimum absolute atomic E-state index is 0.131. The van der Waals surface area contributed by atoms with Gasteiger partial charge in [-0.1, -0.05) is 30.3 Å². The second kappa shape index (κ2) is 8.93. The number of carbonyl (C=O) groups excluding carboxylic acids is 2. The molecular formula is C18H18F3N3O3. The SMILES string of the molecule is CNC(=O)c1ccc(CNC(=O)NCc2ccccc2OC(F)(F)F)cc1. The molecule has 0 aliphatic carbocycles. The Hall–Kier alpha value is -3.23. The molecule has 2 aromatic carbocycles. The average Bonchev–Trinajstić information content (AvgIpc) is 2.64. The van der Waals surface area contributed by atoms with Gasteiger partial charge in [-0.05, 0) is 23.8 Å². The van der Waals surface area contributed by atoms with E-state index in [1.54, 1.807) is 30.3 Å². The van der Waals surface area contributed by atoms with E-state index in [-0.39, 0.29) is 30.3 Å². The Morgan fingerprint density at radius 3 is 2.22 bits per heavy atom. The molecule has 3 N–H and O–H groups in total. The molecule has 3 amide bonds. The molecule has 0 aliphatic rings. The molecule has 27 heavy (non-hydrogen) atoms. The monoisotopic (exact) mass is 381 g/mol. The van der Waals surface area contributed by atoms with Crippen molar-refractivity contribution in [3.63, 3.8) is 0 Å². The number of carbonyl (C=O) groups is 2. The predicted octanol–water partition coefficient (Wildman–Crippen LogP) is 2.94. The highest BCUT2D eigenvalue weighted by Gasteiger charge is 2.31. The normalized spacial score (nSPS) is 10.8. The van der Waals surface area contributed by atoms with Gasteiger partial charge in [-0.3, -0.25) is 4.79 Å². The van der Waals surface area contributed by atoms with Crippen molar-refractivity contribution in [3.05, 3.63) is 65.2 Å². The largest absolute Gasteiger partial charge is 0.573 e. The van der Waals surface area contributed by atoms with E-state index in [4.69, 9.17) is 0 Å². The smallest absolute Gasteiger partial charge is 0.405 e. The van der Waals surface area contributed by atoms with E-state index >= 15 is 0 Å². The predicted molar refractivity (Wildman–Crippen MR) is 92.0 cm³/mol. The van der Waals surface area contributed by atoms with Gasteiger partial charge >= 0.3 is 12.4 Å². The molecule has 0 atom stereocenters. The molecule has 0 saturated carbocycles. The van der Waals surface area contributed by atoms with Crippen LogP contribution in [0, 0.1) is 0 Å². The van der Waals surface area contributed by atoms with E-state index in [2.05, 4.69) is 20.7 Å². The highest BCUT2D eigenvalue weighted by atomic mass is 19.4. The number of halogens is 3. The Morgan fingerprint density at radius 1 is 0.963 bits per heavy atom. The van der Waals surface area contributed by atoms with Crippen molar-refractivity contribution in [1.29, 1.82) is 0 Å². The van der Waals surface area contributed by atoms with Crippen molar-refractivity contribution in [1.82, 2.24) is 16.0 Å². The second-order valence-electron chi connectivity index (χ2n) is 5.47. The highest BCUT2D eigenvalue weighted by molar-refractivity contribution is 5.93. The Morgan fingerprint density at radius 2 is 1.59 bits per heavy atom. The number of urea groups is 1. The van der Waals surface area contributed by atoms with Crippen LogP contribution in [0.3, 0.4) is 0 Å². The molecule has 9 heteroatoms. The van der Waals surface area contributed by atoms with E-state index < -0.39 is 12.4 Å². The first-order chi connectivity index (χ1) is 12.8. The van der Waals surface area contributed by atoms with E-state index in [0.717, 1.165) is 5.56 Å². The van der Waals surface area contributed by atoms with Crippen LogP contribution in [0.2, 0.25) is 0 Å². The molecule has 0 fully saturated rings. The van der Waals surface area contributed by atoms with Crippen LogP contribution in [0.4, 0.5) is 18.0 Å². The van der Waals surface area contributed by atoms with Gasteiger partial charge in [-0.15, -0.1) is 13.2 Å². The standard InChI is InChI=1S/C18H18F3N3O3/c1-22-16(25)13-8-6-12(7-9-13)10-23-17(26)24-11-14-4-2-3-5-15(14)27-18(19,20)21/h2-9H,10-11H2,1H3,(H,22,25)(H2,23,24,26). The van der Waals surface area contributed by atoms with Gasteiger partial charge in [-0.2, -0.15) is 0 Å². The van der Waals surface area contributed by atoms with Crippen LogP contribution < -0.4 is 20.7 Å². The quantitative estimate of drug-likeness (QED) is 0.720. The summed E-state index contributed by atoms with van der Waals surface area (Å²) < 4.78 is 41.1. The summed E-state index contributed by atoms with van der Waals surface area (Å²) in [7, 11) is 1.53. The number of rotatable bonds is 6. The number of benzene rings is 2. The highest BCUT2D eigenvalue weighted by Crippen LogP contribution is 2.26. The van der Waals surface area contributed by atoms with Gasteiger partial charge in [0, 0.05) is 31.3 Å². The van der Waals surface area contributed by atoms with Gasteiger partial charge in [0.2, 0.25) is 0 Å². The van der Waals surface area contributed by atoms with Crippen LogP contribution in [-0.4, -0.2) is 25.3 Å². The fourth-order valence-electron chi connectivity index (χ4n) is 2.21. The Bertz CT molecular complexity index is 792. The topological polar surface area (TPSA) is 79.5 Å². The number of alkyl halides is 3. The first-order valence-electron chi connectivity index (χ1n) is 7.95. The maximum absolute atomic E-state index is 12.4. The van der Waals surface area contributed by atoms with Gasteiger partial charge in [-0.25, -0.2) is 4.79 Å². The molecule has 0 spiro atoms. The zero-order chi connectivity index (χ0) is 19.9. The third-order valence-electron chi connectivity index (χ3n) is 3.53. The van der Waals surface area contributed by atoms with Crippen LogP contribution in [0.5, 0.6) is 5.75 Å². The zero-order valence-electron chi connectivity index (χ0n) is 14.4. The minimum atomic E-state index is -4.81. The van der Waals surface area contributed by atoms with Gasteiger partial charge in [0.15, 0.2) is 0 Å². The van der Waals surface area contributed by atoms with Gasteiger partial charge in [0.25, 0.3) is 5.91 Å². The molecule has 0 radical (unpaired) electrons. The second-order valence-corrected chi connectivity index (χ2v) is 5.47. The van der Waals surface area contributed by atoms with Crippen LogP contribution in [-0.2, 0) is 13.1 Å². The fraction of sp³-hybridized carbons (Fsp3) is 0.222. The number of amides is 3. The number of hydrogen-bond acceptors (Lipinski definition) is 3. The lowest BCUT2D eigenvalue weighted by Crippen LogP contribution is -2.34. The summed E-state index contributed by atoms with van der Waals surface area (Å²) in [6.07, 6.45) is -4.81. The van der Waals surface area contributed by atoms with Gasteiger partial charge < -0.3 is 20.7 Å². The summed E-state index contributed by atoms with van der Waals surface area (Å²) in [6, 6.07) is 11.6. The van der Waals surface area contributed by atoms with Crippen molar-refractivity contribution in [2.45, 2.75) is 19.5 Å². The van der Waals surface area contributed by atoms with Crippen LogP contribution >= 0.6 is 0 Å². The van der Waals surface area contributed by atoms with Crippen molar-refractivity contribution >= 4 is 11.9 Å². The molecule has 0 heterocycles. The Kier molecular flexibility index (Phi) is 6.64. The molecule has 0 unspecified atom stereocenters. The molecular weight excluding hydrogens is 363 g/mol. The van der Waals surface area contributed by atoms with Crippen LogP contribution in [0.1, 0.15) is 21.5 Å². The molecule has 0 bridgehead atoms. The molecule has 0 aliphatic heterocycles. The van der Waals surface area contributed by atoms with E-state index in [9.17, 15) is 22.8 Å². The lowest BCUT2D eigenvalue weighted by molar-refractivity contribution is -0.274. The average molecular weight is 381 g/mol. The fourth-order valence-corrected chi connectivity index (χ4v) is 2.21. The number of para-hydroxylation sites is 1. The third-order valence-corrected chi connectivity index (χ3v) is 3.53. The maximum Gasteiger partial charge on any atom is 0.573 e. The van der Waals surface area contributed by atoms with Crippen molar-refractivity contribution in [3.8, 4) is 5.75 Å². The van der Waals surface area contributed by atoms with Crippen molar-refractivity contribution < 1.29 is 27.5 Å². The third kappa shape index (κ3) is 6.53. The summed E-state index contributed by atoms with van der Waals surface area (Å²) >= 11 is 0. The lowest BCUT2D eigenvalue weighted by atomic mass is 10.1. The maximum atomic E-state index is 12.4. The van der Waals surface area contributed by atoms with Gasteiger partial charge in [0.05, 0.1) is 0 Å². The molecule has 6 nitrogen and oxygen atoms in total. The van der Waals surface area contributed by atoms with Crippen LogP contribution in [0.25, 0.3) is 0 Å². The Balaban J connectivity index is 1.86. The minimum Gasteiger partial charge on any atom is -0.405 e. The van der Waals surface area contributed by atoms with E-state index in [0.29, 0.717) is 5.56 Å². The molecule has 0 saturated heterocycles. The zero-order valence-corrected chi connectivity index (χ0v) is 14.4. The lowest BCUT2D eigenvalue weighted by Gasteiger charge is -2.14. The first kappa shape index (κ1) is 20.1. The summed E-state index contributed by atoms with van der Waals surface area (Å²) in [6.45, 7) is 0.0637.